The molecule has 8 heteroatoms. The number of thiocarbonyl (C=S) groups is 1. The lowest BCUT2D eigenvalue weighted by molar-refractivity contribution is -0.114. The largest absolute Gasteiger partial charge is 0.452 e. The molecule has 34 heavy (non-hydrogen) atoms. The van der Waals surface area contributed by atoms with Crippen LogP contribution in [-0.2, 0) is 4.79 Å². The number of hydrogen-bond acceptors (Lipinski definition) is 5. The summed E-state index contributed by atoms with van der Waals surface area (Å²) in [6.07, 6.45) is 1.78. The maximum absolute atomic E-state index is 11.4. The van der Waals surface area contributed by atoms with E-state index in [0.717, 1.165) is 32.8 Å². The van der Waals surface area contributed by atoms with Crippen LogP contribution in [0.15, 0.2) is 106 Å². The number of carbonyl (C=O) groups is 1. The summed E-state index contributed by atoms with van der Waals surface area (Å²) in [5.74, 6) is 0.672. The average molecular weight is 487 g/mol. The molecule has 170 valence electrons. The lowest BCUT2D eigenvalue weighted by Crippen LogP contribution is -2.29. The lowest BCUT2D eigenvalue weighted by atomic mass is 10.0. The van der Waals surface area contributed by atoms with E-state index in [0.29, 0.717) is 5.11 Å². The highest BCUT2D eigenvalue weighted by Gasteiger charge is 2.42. The standard InChI is InChI=1S/C26H22N4O2S2/c1-17(31)28-18-10-12-19(13-11-18)30-25(24(29-26(30)33)21-9-5-6-16-27-21)22-14-15-23(32-22)34-20-7-3-2-4-8-20/h2-16,24-25H,1H3,(H,28,31)(H,29,33)/t24-,25-/m0/s1. The van der Waals surface area contributed by atoms with Gasteiger partial charge in [-0.2, -0.15) is 0 Å². The fourth-order valence-corrected chi connectivity index (χ4v) is 5.13. The monoisotopic (exact) mass is 486 g/mol. The van der Waals surface area contributed by atoms with E-state index in [2.05, 4.69) is 27.8 Å². The van der Waals surface area contributed by atoms with Crippen molar-refractivity contribution in [2.75, 3.05) is 10.2 Å². The Morgan fingerprint density at radius 2 is 1.79 bits per heavy atom. The number of pyridine rings is 1. The summed E-state index contributed by atoms with van der Waals surface area (Å²) in [7, 11) is 0. The molecule has 2 atom stereocenters. The minimum atomic E-state index is -0.237. The van der Waals surface area contributed by atoms with Crippen LogP contribution >= 0.6 is 24.0 Å². The number of furan rings is 1. The molecule has 1 aliphatic rings. The van der Waals surface area contributed by atoms with Crippen LogP contribution in [0.2, 0.25) is 0 Å². The SMILES string of the molecule is CC(=O)Nc1ccc(N2C(=S)N[C@@H](c3ccccn3)[C@@H]2c2ccc(Sc3ccccc3)o2)cc1. The minimum absolute atomic E-state index is 0.113. The van der Waals surface area contributed by atoms with Gasteiger partial charge in [0, 0.05) is 29.4 Å². The molecule has 2 aromatic carbocycles. The first-order chi connectivity index (χ1) is 16.6. The fraction of sp³-hybridized carbons (Fsp3) is 0.115. The second kappa shape index (κ2) is 9.70. The van der Waals surface area contributed by atoms with Gasteiger partial charge in [0.15, 0.2) is 10.2 Å². The van der Waals surface area contributed by atoms with Crippen molar-refractivity contribution < 1.29 is 9.21 Å². The van der Waals surface area contributed by atoms with E-state index >= 15 is 0 Å². The van der Waals surface area contributed by atoms with E-state index in [-0.39, 0.29) is 18.0 Å². The number of carbonyl (C=O) groups excluding carboxylic acids is 1. The summed E-state index contributed by atoms with van der Waals surface area (Å²) in [6, 6.07) is 27.1. The van der Waals surface area contributed by atoms with Gasteiger partial charge in [0.1, 0.15) is 11.8 Å². The highest BCUT2D eigenvalue weighted by Crippen LogP contribution is 2.43. The first-order valence-corrected chi connectivity index (χ1v) is 12.0. The summed E-state index contributed by atoms with van der Waals surface area (Å²) < 4.78 is 6.34. The maximum Gasteiger partial charge on any atom is 0.221 e. The van der Waals surface area contributed by atoms with Gasteiger partial charge >= 0.3 is 0 Å². The molecule has 1 saturated heterocycles. The molecule has 4 aromatic rings. The van der Waals surface area contributed by atoms with Crippen LogP contribution in [0.4, 0.5) is 11.4 Å². The molecule has 2 N–H and O–H groups in total. The molecule has 6 nitrogen and oxygen atoms in total. The van der Waals surface area contributed by atoms with E-state index in [1.165, 1.54) is 6.92 Å². The van der Waals surface area contributed by atoms with Crippen LogP contribution < -0.4 is 15.5 Å². The molecule has 1 aliphatic heterocycles. The fourth-order valence-electron chi connectivity index (χ4n) is 3.98. The Morgan fingerprint density at radius 3 is 2.50 bits per heavy atom. The second-order valence-electron chi connectivity index (χ2n) is 7.80. The summed E-state index contributed by atoms with van der Waals surface area (Å²) in [5, 5.41) is 7.62. The molecule has 0 unspecified atom stereocenters. The number of aromatic nitrogens is 1. The van der Waals surface area contributed by atoms with Crippen LogP contribution in [0.25, 0.3) is 0 Å². The number of anilines is 2. The summed E-state index contributed by atoms with van der Waals surface area (Å²) >= 11 is 7.34. The van der Waals surface area contributed by atoms with Gasteiger partial charge in [-0.05, 0) is 72.9 Å². The van der Waals surface area contributed by atoms with E-state index in [1.54, 1.807) is 18.0 Å². The predicted molar refractivity (Wildman–Crippen MR) is 138 cm³/mol. The van der Waals surface area contributed by atoms with Crippen molar-refractivity contribution >= 4 is 46.4 Å². The zero-order chi connectivity index (χ0) is 23.5. The molecular weight excluding hydrogens is 464 g/mol. The van der Waals surface area contributed by atoms with Crippen molar-refractivity contribution in [3.8, 4) is 0 Å². The van der Waals surface area contributed by atoms with Crippen LogP contribution in [0.3, 0.4) is 0 Å². The first-order valence-electron chi connectivity index (χ1n) is 10.8. The topological polar surface area (TPSA) is 70.4 Å². The van der Waals surface area contributed by atoms with Crippen LogP contribution in [0.5, 0.6) is 0 Å². The van der Waals surface area contributed by atoms with Crippen molar-refractivity contribution in [1.82, 2.24) is 10.3 Å². The molecule has 1 amide bonds. The van der Waals surface area contributed by atoms with Crippen LogP contribution in [0.1, 0.15) is 30.5 Å². The van der Waals surface area contributed by atoms with E-state index < -0.39 is 0 Å². The van der Waals surface area contributed by atoms with Gasteiger partial charge in [0.05, 0.1) is 11.7 Å². The quantitative estimate of drug-likeness (QED) is 0.326. The second-order valence-corrected chi connectivity index (χ2v) is 9.26. The Kier molecular flexibility index (Phi) is 6.33. The Bertz CT molecular complexity index is 1290. The zero-order valence-corrected chi connectivity index (χ0v) is 20.0. The maximum atomic E-state index is 11.4. The third-order valence-corrected chi connectivity index (χ3v) is 6.66. The van der Waals surface area contributed by atoms with E-state index in [4.69, 9.17) is 16.6 Å². The molecule has 3 heterocycles. The van der Waals surface area contributed by atoms with E-state index in [9.17, 15) is 4.79 Å². The third kappa shape index (κ3) is 4.69. The van der Waals surface area contributed by atoms with Crippen molar-refractivity contribution in [2.45, 2.75) is 29.0 Å². The Hall–Kier alpha value is -3.62. The molecule has 0 saturated carbocycles. The molecule has 2 aromatic heterocycles. The van der Waals surface area contributed by atoms with Crippen LogP contribution in [-0.4, -0.2) is 16.0 Å². The first kappa shape index (κ1) is 22.2. The Labute approximate surface area is 207 Å². The smallest absolute Gasteiger partial charge is 0.221 e. The van der Waals surface area contributed by atoms with Crippen molar-refractivity contribution in [1.29, 1.82) is 0 Å². The van der Waals surface area contributed by atoms with Gasteiger partial charge in [-0.15, -0.1) is 0 Å². The van der Waals surface area contributed by atoms with Gasteiger partial charge in [0.25, 0.3) is 0 Å². The lowest BCUT2D eigenvalue weighted by Gasteiger charge is -2.26. The van der Waals surface area contributed by atoms with Gasteiger partial charge in [0.2, 0.25) is 5.91 Å². The molecule has 5 rings (SSSR count). The number of nitrogens with one attached hydrogen (secondary N) is 2. The minimum Gasteiger partial charge on any atom is -0.452 e. The van der Waals surface area contributed by atoms with Gasteiger partial charge < -0.3 is 20.0 Å². The van der Waals surface area contributed by atoms with Crippen LogP contribution in [0, 0.1) is 0 Å². The zero-order valence-electron chi connectivity index (χ0n) is 18.3. The molecule has 0 spiro atoms. The van der Waals surface area contributed by atoms with Gasteiger partial charge in [-0.3, -0.25) is 9.78 Å². The summed E-state index contributed by atoms with van der Waals surface area (Å²) in [5.41, 5.74) is 2.50. The van der Waals surface area contributed by atoms with Crippen molar-refractivity contribution in [3.63, 3.8) is 0 Å². The van der Waals surface area contributed by atoms with E-state index in [1.807, 2.05) is 77.7 Å². The number of nitrogens with zero attached hydrogens (tertiary/aromatic N) is 2. The molecule has 0 aliphatic carbocycles. The number of rotatable bonds is 6. The Balaban J connectivity index is 1.50. The molecule has 0 bridgehead atoms. The summed E-state index contributed by atoms with van der Waals surface area (Å²) in [6.45, 7) is 1.49. The van der Waals surface area contributed by atoms with Gasteiger partial charge in [-0.1, -0.05) is 36.0 Å². The third-order valence-electron chi connectivity index (χ3n) is 5.42. The summed E-state index contributed by atoms with van der Waals surface area (Å²) in [4.78, 5) is 19.1. The number of amides is 1. The highest BCUT2D eigenvalue weighted by molar-refractivity contribution is 7.99. The van der Waals surface area contributed by atoms with Crippen molar-refractivity contribution in [3.05, 3.63) is 103 Å². The molecule has 1 fully saturated rings. The highest BCUT2D eigenvalue weighted by atomic mass is 32.2. The molecular formula is C26H22N4O2S2. The van der Waals surface area contributed by atoms with Crippen molar-refractivity contribution in [2.24, 2.45) is 0 Å². The number of hydrogen-bond donors (Lipinski definition) is 2. The van der Waals surface area contributed by atoms with Gasteiger partial charge in [-0.25, -0.2) is 0 Å². The Morgan fingerprint density at radius 1 is 1.03 bits per heavy atom. The average Bonchev–Trinajstić information content (AvgIpc) is 3.44. The molecule has 0 radical (unpaired) electrons. The normalized spacial score (nSPS) is 17.4. The predicted octanol–water partition coefficient (Wildman–Crippen LogP) is 5.96. The number of benzene rings is 2.